The minimum absolute atomic E-state index is 0.0819. The molecule has 0 fully saturated rings. The van der Waals surface area contributed by atoms with Gasteiger partial charge in [-0.1, -0.05) is 6.07 Å². The summed E-state index contributed by atoms with van der Waals surface area (Å²) in [5.74, 6) is 0.695. The summed E-state index contributed by atoms with van der Waals surface area (Å²) in [7, 11) is 1.84. The summed E-state index contributed by atoms with van der Waals surface area (Å²) in [5, 5.41) is 7.46. The van der Waals surface area contributed by atoms with E-state index in [-0.39, 0.29) is 6.04 Å². The monoisotopic (exact) mass is 217 g/mol. The molecule has 84 valence electrons. The molecule has 0 spiro atoms. The number of nitrogens with two attached hydrogens (primary N) is 1. The van der Waals surface area contributed by atoms with Gasteiger partial charge in [0.15, 0.2) is 5.82 Å². The lowest BCUT2D eigenvalue weighted by Crippen LogP contribution is -2.09. The van der Waals surface area contributed by atoms with Crippen molar-refractivity contribution in [3.05, 3.63) is 36.3 Å². The van der Waals surface area contributed by atoms with Crippen molar-refractivity contribution in [2.24, 2.45) is 7.05 Å². The van der Waals surface area contributed by atoms with Gasteiger partial charge in [-0.15, -0.1) is 0 Å². The van der Waals surface area contributed by atoms with Gasteiger partial charge in [0.1, 0.15) is 0 Å². The van der Waals surface area contributed by atoms with Crippen molar-refractivity contribution in [1.29, 1.82) is 0 Å². The summed E-state index contributed by atoms with van der Waals surface area (Å²) in [6, 6.07) is 5.91. The lowest BCUT2D eigenvalue weighted by atomic mass is 10.2. The van der Waals surface area contributed by atoms with E-state index in [2.05, 4.69) is 15.4 Å². The Hall–Kier alpha value is -2.04. The number of anilines is 2. The molecule has 2 heterocycles. The molecule has 0 saturated carbocycles. The summed E-state index contributed by atoms with van der Waals surface area (Å²) >= 11 is 0. The molecular formula is C11H15N5. The van der Waals surface area contributed by atoms with Crippen molar-refractivity contribution in [3.8, 4) is 0 Å². The normalized spacial score (nSPS) is 12.4. The summed E-state index contributed by atoms with van der Waals surface area (Å²) < 4.78 is 1.68. The smallest absolute Gasteiger partial charge is 0.171 e. The van der Waals surface area contributed by atoms with Crippen LogP contribution >= 0.6 is 0 Å². The van der Waals surface area contributed by atoms with Crippen LogP contribution in [0.3, 0.4) is 0 Å². The van der Waals surface area contributed by atoms with Crippen LogP contribution in [0, 0.1) is 0 Å². The molecule has 5 nitrogen and oxygen atoms in total. The Bertz CT molecular complexity index is 462. The van der Waals surface area contributed by atoms with Crippen LogP contribution in [0.1, 0.15) is 18.7 Å². The summed E-state index contributed by atoms with van der Waals surface area (Å²) in [5.41, 5.74) is 7.41. The number of nitrogen functional groups attached to an aromatic ring is 1. The van der Waals surface area contributed by atoms with Crippen molar-refractivity contribution in [3.63, 3.8) is 0 Å². The van der Waals surface area contributed by atoms with E-state index in [9.17, 15) is 0 Å². The number of hydrogen-bond acceptors (Lipinski definition) is 4. The topological polar surface area (TPSA) is 68.8 Å². The fraction of sp³-hybridized carbons (Fsp3) is 0.273. The van der Waals surface area contributed by atoms with Crippen LogP contribution in [-0.4, -0.2) is 14.8 Å². The van der Waals surface area contributed by atoms with Crippen molar-refractivity contribution >= 4 is 11.5 Å². The molecular weight excluding hydrogens is 202 g/mol. The van der Waals surface area contributed by atoms with Crippen LogP contribution in [0.25, 0.3) is 0 Å². The van der Waals surface area contributed by atoms with E-state index < -0.39 is 0 Å². The van der Waals surface area contributed by atoms with E-state index in [0.29, 0.717) is 11.5 Å². The molecule has 2 aromatic rings. The zero-order valence-corrected chi connectivity index (χ0v) is 9.38. The fourth-order valence-corrected chi connectivity index (χ4v) is 1.53. The second kappa shape index (κ2) is 4.22. The molecule has 5 heteroatoms. The van der Waals surface area contributed by atoms with Crippen LogP contribution in [-0.2, 0) is 7.05 Å². The highest BCUT2D eigenvalue weighted by atomic mass is 15.3. The van der Waals surface area contributed by atoms with Gasteiger partial charge in [-0.05, 0) is 19.1 Å². The lowest BCUT2D eigenvalue weighted by Gasteiger charge is -2.12. The Labute approximate surface area is 94.3 Å². The van der Waals surface area contributed by atoms with Gasteiger partial charge in [0, 0.05) is 19.4 Å². The minimum Gasteiger partial charge on any atom is -0.394 e. The zero-order chi connectivity index (χ0) is 11.5. The fourth-order valence-electron chi connectivity index (χ4n) is 1.53. The molecule has 1 unspecified atom stereocenters. The van der Waals surface area contributed by atoms with E-state index in [1.54, 1.807) is 17.1 Å². The molecule has 0 saturated heterocycles. The van der Waals surface area contributed by atoms with Crippen molar-refractivity contribution in [2.75, 3.05) is 11.1 Å². The first-order valence-electron chi connectivity index (χ1n) is 5.13. The number of aromatic nitrogens is 3. The number of aryl methyl sites for hydroxylation is 1. The number of nitrogens with zero attached hydrogens (tertiary/aromatic N) is 3. The zero-order valence-electron chi connectivity index (χ0n) is 9.38. The predicted octanol–water partition coefficient (Wildman–Crippen LogP) is 1.57. The number of hydrogen-bond donors (Lipinski definition) is 2. The molecule has 2 rings (SSSR count). The predicted molar refractivity (Wildman–Crippen MR) is 63.9 cm³/mol. The highest BCUT2D eigenvalue weighted by Gasteiger charge is 2.10. The Kier molecular flexibility index (Phi) is 2.76. The van der Waals surface area contributed by atoms with E-state index in [1.165, 1.54) is 0 Å². The molecule has 16 heavy (non-hydrogen) atoms. The van der Waals surface area contributed by atoms with E-state index in [1.807, 2.05) is 32.2 Å². The molecule has 0 aromatic carbocycles. The van der Waals surface area contributed by atoms with Crippen LogP contribution in [0.2, 0.25) is 0 Å². The Morgan fingerprint density at radius 1 is 1.44 bits per heavy atom. The van der Waals surface area contributed by atoms with Crippen LogP contribution in [0.4, 0.5) is 11.5 Å². The number of nitrogens with one attached hydrogen (secondary N) is 1. The van der Waals surface area contributed by atoms with Crippen LogP contribution in [0.15, 0.2) is 30.6 Å². The first-order chi connectivity index (χ1) is 7.66. The SMILES string of the molecule is CC(Nc1nn(C)cc1N)c1ccccn1. The van der Waals surface area contributed by atoms with E-state index >= 15 is 0 Å². The van der Waals surface area contributed by atoms with Crippen LogP contribution < -0.4 is 11.1 Å². The Balaban J connectivity index is 2.14. The maximum Gasteiger partial charge on any atom is 0.171 e. The maximum absolute atomic E-state index is 5.80. The van der Waals surface area contributed by atoms with Gasteiger partial charge in [-0.2, -0.15) is 5.10 Å². The molecule has 0 aliphatic heterocycles. The molecule has 3 N–H and O–H groups in total. The van der Waals surface area contributed by atoms with Gasteiger partial charge in [0.05, 0.1) is 17.4 Å². The van der Waals surface area contributed by atoms with Gasteiger partial charge in [0.2, 0.25) is 0 Å². The van der Waals surface area contributed by atoms with Gasteiger partial charge in [-0.3, -0.25) is 9.67 Å². The molecule has 0 aliphatic carbocycles. The largest absolute Gasteiger partial charge is 0.394 e. The van der Waals surface area contributed by atoms with Crippen molar-refractivity contribution < 1.29 is 0 Å². The summed E-state index contributed by atoms with van der Waals surface area (Å²) in [6.45, 7) is 2.02. The minimum atomic E-state index is 0.0819. The Morgan fingerprint density at radius 3 is 2.81 bits per heavy atom. The second-order valence-electron chi connectivity index (χ2n) is 3.73. The number of pyridine rings is 1. The molecule has 0 bridgehead atoms. The average molecular weight is 217 g/mol. The van der Waals surface area contributed by atoms with Crippen molar-refractivity contribution in [2.45, 2.75) is 13.0 Å². The number of rotatable bonds is 3. The first kappa shape index (κ1) is 10.5. The maximum atomic E-state index is 5.80. The lowest BCUT2D eigenvalue weighted by molar-refractivity contribution is 0.756. The quantitative estimate of drug-likeness (QED) is 0.818. The van der Waals surface area contributed by atoms with Gasteiger partial charge in [0.25, 0.3) is 0 Å². The molecule has 0 amide bonds. The molecule has 2 aromatic heterocycles. The highest BCUT2D eigenvalue weighted by Crippen LogP contribution is 2.20. The second-order valence-corrected chi connectivity index (χ2v) is 3.73. The average Bonchev–Trinajstić information content (AvgIpc) is 2.59. The summed E-state index contributed by atoms with van der Waals surface area (Å²) in [4.78, 5) is 4.27. The summed E-state index contributed by atoms with van der Waals surface area (Å²) in [6.07, 6.45) is 3.54. The third kappa shape index (κ3) is 2.13. The molecule has 1 atom stereocenters. The third-order valence-electron chi connectivity index (χ3n) is 2.34. The highest BCUT2D eigenvalue weighted by molar-refractivity contribution is 5.60. The van der Waals surface area contributed by atoms with Gasteiger partial charge < -0.3 is 11.1 Å². The van der Waals surface area contributed by atoms with Gasteiger partial charge >= 0.3 is 0 Å². The molecule has 0 radical (unpaired) electrons. The standard InChI is InChI=1S/C11H15N5/c1-8(10-5-3-4-6-13-10)14-11-9(12)7-16(2)15-11/h3-8H,12H2,1-2H3,(H,14,15). The van der Waals surface area contributed by atoms with Crippen molar-refractivity contribution in [1.82, 2.24) is 14.8 Å². The Morgan fingerprint density at radius 2 is 2.25 bits per heavy atom. The van der Waals surface area contributed by atoms with E-state index in [4.69, 9.17) is 5.73 Å². The third-order valence-corrected chi connectivity index (χ3v) is 2.34. The van der Waals surface area contributed by atoms with Crippen LogP contribution in [0.5, 0.6) is 0 Å². The molecule has 0 aliphatic rings. The van der Waals surface area contributed by atoms with Gasteiger partial charge in [-0.25, -0.2) is 0 Å². The first-order valence-corrected chi connectivity index (χ1v) is 5.13. The van der Waals surface area contributed by atoms with E-state index in [0.717, 1.165) is 5.69 Å².